The summed E-state index contributed by atoms with van der Waals surface area (Å²) < 4.78 is 10.9. The van der Waals surface area contributed by atoms with E-state index in [4.69, 9.17) is 9.47 Å². The Morgan fingerprint density at radius 2 is 1.81 bits per heavy atom. The Balaban J connectivity index is 1.65. The lowest BCUT2D eigenvalue weighted by molar-refractivity contribution is -0.140. The molecule has 2 aromatic rings. The Labute approximate surface area is 151 Å². The van der Waals surface area contributed by atoms with Crippen molar-refractivity contribution in [2.45, 2.75) is 13.8 Å². The van der Waals surface area contributed by atoms with Crippen molar-refractivity contribution in [3.63, 3.8) is 0 Å². The molecule has 1 aliphatic carbocycles. The quantitative estimate of drug-likeness (QED) is 0.825. The zero-order valence-electron chi connectivity index (χ0n) is 14.7. The minimum absolute atomic E-state index is 0.317. The number of ether oxygens (including phenoxy) is 2. The SMILES string of the molecule is COc1ccccc1Oc1ccc(NC(=O)[C@@H]2[C@H](C(=O)O)C2(C)C)cn1. The predicted molar refractivity (Wildman–Crippen MR) is 94.3 cm³/mol. The van der Waals surface area contributed by atoms with Gasteiger partial charge >= 0.3 is 5.97 Å². The smallest absolute Gasteiger partial charge is 0.307 e. The Bertz CT molecular complexity index is 832. The summed E-state index contributed by atoms with van der Waals surface area (Å²) >= 11 is 0. The third-order valence-corrected chi connectivity index (χ3v) is 4.66. The van der Waals surface area contributed by atoms with Crippen molar-refractivity contribution in [1.82, 2.24) is 4.98 Å². The Morgan fingerprint density at radius 1 is 1.12 bits per heavy atom. The summed E-state index contributed by atoms with van der Waals surface area (Å²) in [6.07, 6.45) is 1.47. The van der Waals surface area contributed by atoms with E-state index < -0.39 is 23.2 Å². The molecule has 0 spiro atoms. The third kappa shape index (κ3) is 3.33. The number of para-hydroxylation sites is 2. The van der Waals surface area contributed by atoms with Crippen LogP contribution in [0.15, 0.2) is 42.6 Å². The number of rotatable bonds is 6. The fourth-order valence-electron chi connectivity index (χ4n) is 3.14. The summed E-state index contributed by atoms with van der Waals surface area (Å²) in [5.74, 6) is -1.02. The Kier molecular flexibility index (Phi) is 4.54. The molecule has 3 rings (SSSR count). The summed E-state index contributed by atoms with van der Waals surface area (Å²) in [5, 5.41) is 11.9. The highest BCUT2D eigenvalue weighted by atomic mass is 16.5. The lowest BCUT2D eigenvalue weighted by Gasteiger charge is -2.10. The van der Waals surface area contributed by atoms with Crippen LogP contribution in [0.1, 0.15) is 13.8 Å². The van der Waals surface area contributed by atoms with Gasteiger partial charge in [0.05, 0.1) is 30.8 Å². The molecule has 0 saturated heterocycles. The number of pyridine rings is 1. The van der Waals surface area contributed by atoms with Crippen molar-refractivity contribution in [3.8, 4) is 17.4 Å². The van der Waals surface area contributed by atoms with E-state index in [2.05, 4.69) is 10.3 Å². The number of methoxy groups -OCH3 is 1. The van der Waals surface area contributed by atoms with E-state index >= 15 is 0 Å². The van der Waals surface area contributed by atoms with Crippen LogP contribution in [0.2, 0.25) is 0 Å². The molecule has 0 bridgehead atoms. The molecule has 0 unspecified atom stereocenters. The number of carbonyl (C=O) groups is 2. The second-order valence-corrected chi connectivity index (χ2v) is 6.74. The molecular formula is C19H20N2O5. The molecule has 7 nitrogen and oxygen atoms in total. The number of carboxylic acids is 1. The lowest BCUT2D eigenvalue weighted by Crippen LogP contribution is -2.17. The van der Waals surface area contributed by atoms with E-state index in [9.17, 15) is 14.7 Å². The van der Waals surface area contributed by atoms with Gasteiger partial charge in [0.15, 0.2) is 11.5 Å². The second kappa shape index (κ2) is 6.67. The van der Waals surface area contributed by atoms with Crippen molar-refractivity contribution in [3.05, 3.63) is 42.6 Å². The highest BCUT2D eigenvalue weighted by Crippen LogP contribution is 2.58. The molecule has 1 fully saturated rings. The molecule has 1 aromatic heterocycles. The van der Waals surface area contributed by atoms with Crippen LogP contribution in [0.25, 0.3) is 0 Å². The van der Waals surface area contributed by atoms with E-state index in [0.717, 1.165) is 0 Å². The number of aliphatic carboxylic acids is 1. The van der Waals surface area contributed by atoms with Crippen LogP contribution in [0.3, 0.4) is 0 Å². The van der Waals surface area contributed by atoms with Crippen molar-refractivity contribution < 1.29 is 24.2 Å². The molecule has 2 N–H and O–H groups in total. The van der Waals surface area contributed by atoms with Gasteiger partial charge in [-0.1, -0.05) is 26.0 Å². The molecule has 1 heterocycles. The van der Waals surface area contributed by atoms with Crippen LogP contribution in [0.4, 0.5) is 5.69 Å². The molecule has 1 amide bonds. The fraction of sp³-hybridized carbons (Fsp3) is 0.316. The van der Waals surface area contributed by atoms with E-state index in [-0.39, 0.29) is 5.91 Å². The van der Waals surface area contributed by atoms with Crippen LogP contribution in [0.5, 0.6) is 17.4 Å². The number of amides is 1. The van der Waals surface area contributed by atoms with Crippen LogP contribution in [-0.4, -0.2) is 29.1 Å². The Hall–Kier alpha value is -3.09. The summed E-state index contributed by atoms with van der Waals surface area (Å²) in [4.78, 5) is 27.7. The minimum Gasteiger partial charge on any atom is -0.493 e. The molecule has 1 aliphatic rings. The van der Waals surface area contributed by atoms with Crippen molar-refractivity contribution in [2.24, 2.45) is 17.3 Å². The number of aromatic nitrogens is 1. The first-order valence-electron chi connectivity index (χ1n) is 8.15. The maximum Gasteiger partial charge on any atom is 0.307 e. The average molecular weight is 356 g/mol. The molecule has 0 radical (unpaired) electrons. The number of hydrogen-bond acceptors (Lipinski definition) is 5. The molecular weight excluding hydrogens is 336 g/mol. The zero-order valence-corrected chi connectivity index (χ0v) is 14.7. The molecule has 136 valence electrons. The summed E-state index contributed by atoms with van der Waals surface area (Å²) in [5.41, 5.74) is -0.0646. The Morgan fingerprint density at radius 3 is 2.35 bits per heavy atom. The van der Waals surface area contributed by atoms with Crippen LogP contribution in [-0.2, 0) is 9.59 Å². The van der Waals surface area contributed by atoms with E-state index in [1.807, 2.05) is 12.1 Å². The maximum atomic E-state index is 12.3. The van der Waals surface area contributed by atoms with E-state index in [1.165, 1.54) is 6.20 Å². The monoisotopic (exact) mass is 356 g/mol. The van der Waals surface area contributed by atoms with Gasteiger partial charge in [0, 0.05) is 6.07 Å². The summed E-state index contributed by atoms with van der Waals surface area (Å²) in [7, 11) is 1.55. The first kappa shape index (κ1) is 17.7. The number of benzene rings is 1. The van der Waals surface area contributed by atoms with Gasteiger partial charge < -0.3 is 19.9 Å². The number of carboxylic acid groups (broad SMARTS) is 1. The van der Waals surface area contributed by atoms with Gasteiger partial charge in [-0.3, -0.25) is 9.59 Å². The number of hydrogen-bond donors (Lipinski definition) is 2. The summed E-state index contributed by atoms with van der Waals surface area (Å²) in [6.45, 7) is 3.55. The normalized spacial score (nSPS) is 20.1. The first-order valence-corrected chi connectivity index (χ1v) is 8.15. The van der Waals surface area contributed by atoms with Crippen LogP contribution < -0.4 is 14.8 Å². The fourth-order valence-corrected chi connectivity index (χ4v) is 3.14. The lowest BCUT2D eigenvalue weighted by atomic mass is 10.1. The van der Waals surface area contributed by atoms with Gasteiger partial charge in [-0.05, 0) is 23.6 Å². The van der Waals surface area contributed by atoms with E-state index in [1.54, 1.807) is 45.2 Å². The predicted octanol–water partition coefficient (Wildman–Crippen LogP) is 3.18. The van der Waals surface area contributed by atoms with Crippen molar-refractivity contribution in [2.75, 3.05) is 12.4 Å². The van der Waals surface area contributed by atoms with Crippen molar-refractivity contribution in [1.29, 1.82) is 0 Å². The minimum atomic E-state index is -0.950. The largest absolute Gasteiger partial charge is 0.493 e. The number of carbonyl (C=O) groups excluding carboxylic acids is 1. The highest BCUT2D eigenvalue weighted by Gasteiger charge is 2.65. The van der Waals surface area contributed by atoms with Gasteiger partial charge in [0.2, 0.25) is 11.8 Å². The number of nitrogens with zero attached hydrogens (tertiary/aromatic N) is 1. The third-order valence-electron chi connectivity index (χ3n) is 4.66. The van der Waals surface area contributed by atoms with Gasteiger partial charge in [-0.15, -0.1) is 0 Å². The van der Waals surface area contributed by atoms with Gasteiger partial charge in [-0.2, -0.15) is 0 Å². The number of nitrogens with one attached hydrogen (secondary N) is 1. The number of anilines is 1. The standard InChI is InChI=1S/C19H20N2O5/c1-19(2)15(16(19)18(23)24)17(22)21-11-8-9-14(20-10-11)26-13-7-5-4-6-12(13)25-3/h4-10,15-16H,1-3H3,(H,21,22)(H,23,24)/t15-,16+/m0/s1. The van der Waals surface area contributed by atoms with Gasteiger partial charge in [0.25, 0.3) is 0 Å². The van der Waals surface area contributed by atoms with E-state index in [0.29, 0.717) is 23.1 Å². The molecule has 7 heteroatoms. The molecule has 2 atom stereocenters. The first-order chi connectivity index (χ1) is 12.3. The molecule has 1 aromatic carbocycles. The molecule has 0 aliphatic heterocycles. The topological polar surface area (TPSA) is 97.8 Å². The van der Waals surface area contributed by atoms with Crippen LogP contribution >= 0.6 is 0 Å². The molecule has 26 heavy (non-hydrogen) atoms. The average Bonchev–Trinajstić information content (AvgIpc) is 3.20. The second-order valence-electron chi connectivity index (χ2n) is 6.74. The van der Waals surface area contributed by atoms with Crippen molar-refractivity contribution >= 4 is 17.6 Å². The maximum absolute atomic E-state index is 12.3. The van der Waals surface area contributed by atoms with Gasteiger partial charge in [-0.25, -0.2) is 4.98 Å². The van der Waals surface area contributed by atoms with Crippen LogP contribution in [0, 0.1) is 17.3 Å². The highest BCUT2D eigenvalue weighted by molar-refractivity contribution is 5.99. The van der Waals surface area contributed by atoms with Gasteiger partial charge in [0.1, 0.15) is 0 Å². The molecule has 1 saturated carbocycles. The zero-order chi connectivity index (χ0) is 18.9. The summed E-state index contributed by atoms with van der Waals surface area (Å²) in [6, 6.07) is 10.5.